The van der Waals surface area contributed by atoms with Gasteiger partial charge in [-0.15, -0.1) is 0 Å². The van der Waals surface area contributed by atoms with Crippen LogP contribution in [0.25, 0.3) is 0 Å². The van der Waals surface area contributed by atoms with Crippen molar-refractivity contribution >= 4 is 28.9 Å². The van der Waals surface area contributed by atoms with Crippen LogP contribution in [0, 0.1) is 0 Å². The molecule has 1 saturated heterocycles. The SMILES string of the molecule is CC1CNCCCN1Nc1cc(Cl)cc(Cl)c1. The average Bonchev–Trinajstić information content (AvgIpc) is 2.43. The van der Waals surface area contributed by atoms with Crippen LogP contribution in [0.1, 0.15) is 13.3 Å². The molecule has 1 aliphatic rings. The molecule has 2 N–H and O–H groups in total. The minimum absolute atomic E-state index is 0.440. The lowest BCUT2D eigenvalue weighted by Gasteiger charge is -2.28. The van der Waals surface area contributed by atoms with Crippen LogP contribution in [0.5, 0.6) is 0 Å². The Bertz CT molecular complexity index is 364. The van der Waals surface area contributed by atoms with Gasteiger partial charge in [-0.3, -0.25) is 0 Å². The molecule has 3 nitrogen and oxygen atoms in total. The maximum Gasteiger partial charge on any atom is 0.0519 e. The van der Waals surface area contributed by atoms with Gasteiger partial charge < -0.3 is 10.7 Å². The summed E-state index contributed by atoms with van der Waals surface area (Å²) in [5.41, 5.74) is 4.32. The third kappa shape index (κ3) is 3.75. The van der Waals surface area contributed by atoms with Gasteiger partial charge in [0.25, 0.3) is 0 Å². The van der Waals surface area contributed by atoms with Crippen molar-refractivity contribution in [2.24, 2.45) is 0 Å². The fraction of sp³-hybridized carbons (Fsp3) is 0.500. The quantitative estimate of drug-likeness (QED) is 0.868. The van der Waals surface area contributed by atoms with Gasteiger partial charge in [-0.25, -0.2) is 5.01 Å². The minimum atomic E-state index is 0.440. The van der Waals surface area contributed by atoms with Crippen LogP contribution < -0.4 is 10.7 Å². The Morgan fingerprint density at radius 2 is 2.00 bits per heavy atom. The molecule has 0 aliphatic carbocycles. The molecule has 0 spiro atoms. The zero-order chi connectivity index (χ0) is 12.3. The van der Waals surface area contributed by atoms with E-state index in [1.54, 1.807) is 6.07 Å². The molecular formula is C12H17Cl2N3. The molecule has 1 heterocycles. The van der Waals surface area contributed by atoms with Crippen molar-refractivity contribution in [3.05, 3.63) is 28.2 Å². The van der Waals surface area contributed by atoms with Crippen molar-refractivity contribution < 1.29 is 0 Å². The van der Waals surface area contributed by atoms with E-state index in [-0.39, 0.29) is 0 Å². The van der Waals surface area contributed by atoms with Crippen molar-refractivity contribution in [2.45, 2.75) is 19.4 Å². The van der Waals surface area contributed by atoms with Gasteiger partial charge in [-0.05, 0) is 38.1 Å². The van der Waals surface area contributed by atoms with Crippen LogP contribution in [-0.2, 0) is 0 Å². The number of halogens is 2. The van der Waals surface area contributed by atoms with Crippen LogP contribution in [0.4, 0.5) is 5.69 Å². The third-order valence-corrected chi connectivity index (χ3v) is 3.30. The van der Waals surface area contributed by atoms with Crippen LogP contribution in [0.2, 0.25) is 10.0 Å². The number of hydrazine groups is 1. The van der Waals surface area contributed by atoms with Gasteiger partial charge in [0.2, 0.25) is 0 Å². The molecule has 0 aromatic heterocycles. The molecule has 5 heteroatoms. The molecular weight excluding hydrogens is 257 g/mol. The third-order valence-electron chi connectivity index (χ3n) is 2.86. The lowest BCUT2D eigenvalue weighted by Crippen LogP contribution is -2.41. The maximum absolute atomic E-state index is 5.98. The number of nitrogens with one attached hydrogen (secondary N) is 2. The first-order valence-corrected chi connectivity index (χ1v) is 6.61. The summed E-state index contributed by atoms with van der Waals surface area (Å²) in [6.07, 6.45) is 1.13. The fourth-order valence-corrected chi connectivity index (χ4v) is 2.49. The van der Waals surface area contributed by atoms with Gasteiger partial charge in [-0.2, -0.15) is 0 Å². The summed E-state index contributed by atoms with van der Waals surface area (Å²) in [6.45, 7) is 5.26. The number of hydrogen-bond donors (Lipinski definition) is 2. The Hall–Kier alpha value is -0.480. The van der Waals surface area contributed by atoms with Crippen molar-refractivity contribution in [1.29, 1.82) is 0 Å². The summed E-state index contributed by atoms with van der Waals surface area (Å²) < 4.78 is 0. The highest BCUT2D eigenvalue weighted by atomic mass is 35.5. The Kier molecular flexibility index (Phi) is 4.51. The van der Waals surface area contributed by atoms with Crippen LogP contribution in [-0.4, -0.2) is 30.7 Å². The molecule has 0 amide bonds. The van der Waals surface area contributed by atoms with Gasteiger partial charge >= 0.3 is 0 Å². The highest BCUT2D eigenvalue weighted by Gasteiger charge is 2.16. The fourth-order valence-electron chi connectivity index (χ4n) is 1.97. The molecule has 1 aliphatic heterocycles. The topological polar surface area (TPSA) is 27.3 Å². The van der Waals surface area contributed by atoms with E-state index >= 15 is 0 Å². The van der Waals surface area contributed by atoms with E-state index in [0.29, 0.717) is 16.1 Å². The Balaban J connectivity index is 2.07. The molecule has 1 unspecified atom stereocenters. The zero-order valence-electron chi connectivity index (χ0n) is 9.84. The number of anilines is 1. The highest BCUT2D eigenvalue weighted by Crippen LogP contribution is 2.23. The number of benzene rings is 1. The van der Waals surface area contributed by atoms with E-state index < -0.39 is 0 Å². The Morgan fingerprint density at radius 3 is 2.71 bits per heavy atom. The van der Waals surface area contributed by atoms with E-state index in [1.807, 2.05) is 12.1 Å². The van der Waals surface area contributed by atoms with Crippen molar-refractivity contribution in [3.63, 3.8) is 0 Å². The molecule has 1 fully saturated rings. The standard InChI is InChI=1S/C12H17Cl2N3/c1-9-8-15-3-2-4-17(9)16-12-6-10(13)5-11(14)7-12/h5-7,9,15-16H,2-4,8H2,1H3. The lowest BCUT2D eigenvalue weighted by molar-refractivity contribution is 0.271. The largest absolute Gasteiger partial charge is 0.318 e. The molecule has 17 heavy (non-hydrogen) atoms. The van der Waals surface area contributed by atoms with Crippen molar-refractivity contribution in [1.82, 2.24) is 10.3 Å². The van der Waals surface area contributed by atoms with Crippen LogP contribution in [0.15, 0.2) is 18.2 Å². The minimum Gasteiger partial charge on any atom is -0.318 e. The molecule has 1 aromatic rings. The average molecular weight is 274 g/mol. The summed E-state index contributed by atoms with van der Waals surface area (Å²) in [4.78, 5) is 0. The van der Waals surface area contributed by atoms with E-state index in [2.05, 4.69) is 22.7 Å². The number of rotatable bonds is 2. The molecule has 2 rings (SSSR count). The molecule has 0 saturated carbocycles. The summed E-state index contributed by atoms with van der Waals surface area (Å²) in [5, 5.41) is 6.93. The summed E-state index contributed by atoms with van der Waals surface area (Å²) in [5.74, 6) is 0. The molecule has 1 atom stereocenters. The normalized spacial score (nSPS) is 22.2. The highest BCUT2D eigenvalue weighted by molar-refractivity contribution is 6.35. The summed E-state index contributed by atoms with van der Waals surface area (Å²) >= 11 is 12.0. The first kappa shape index (κ1) is 13.0. The van der Waals surface area contributed by atoms with Crippen LogP contribution in [0.3, 0.4) is 0 Å². The van der Waals surface area contributed by atoms with Gasteiger partial charge in [0.1, 0.15) is 0 Å². The first-order chi connectivity index (χ1) is 8.15. The molecule has 1 aromatic carbocycles. The second-order valence-corrected chi connectivity index (χ2v) is 5.24. The van der Waals surface area contributed by atoms with E-state index in [9.17, 15) is 0 Å². The van der Waals surface area contributed by atoms with E-state index in [1.165, 1.54) is 0 Å². The van der Waals surface area contributed by atoms with Crippen molar-refractivity contribution in [3.8, 4) is 0 Å². The maximum atomic E-state index is 5.98. The van der Waals surface area contributed by atoms with Gasteiger partial charge in [0, 0.05) is 29.2 Å². The number of nitrogens with zero attached hydrogens (tertiary/aromatic N) is 1. The summed E-state index contributed by atoms with van der Waals surface area (Å²) in [7, 11) is 0. The second kappa shape index (κ2) is 5.91. The van der Waals surface area contributed by atoms with E-state index in [4.69, 9.17) is 23.2 Å². The van der Waals surface area contributed by atoms with Crippen LogP contribution >= 0.6 is 23.2 Å². The predicted molar refractivity (Wildman–Crippen MR) is 73.7 cm³/mol. The smallest absolute Gasteiger partial charge is 0.0519 e. The van der Waals surface area contributed by atoms with Crippen molar-refractivity contribution in [2.75, 3.05) is 25.1 Å². The molecule has 94 valence electrons. The Labute approximate surface area is 112 Å². The lowest BCUT2D eigenvalue weighted by atomic mass is 10.3. The monoisotopic (exact) mass is 273 g/mol. The Morgan fingerprint density at radius 1 is 1.29 bits per heavy atom. The summed E-state index contributed by atoms with van der Waals surface area (Å²) in [6, 6.07) is 5.95. The van der Waals surface area contributed by atoms with Gasteiger partial charge in [0.05, 0.1) is 5.69 Å². The molecule has 0 bridgehead atoms. The second-order valence-electron chi connectivity index (χ2n) is 4.37. The zero-order valence-corrected chi connectivity index (χ0v) is 11.4. The number of hydrogen-bond acceptors (Lipinski definition) is 3. The van der Waals surface area contributed by atoms with Gasteiger partial charge in [0.15, 0.2) is 0 Å². The van der Waals surface area contributed by atoms with Gasteiger partial charge in [-0.1, -0.05) is 23.2 Å². The first-order valence-electron chi connectivity index (χ1n) is 5.85. The molecule has 0 radical (unpaired) electrons. The predicted octanol–water partition coefficient (Wildman–Crippen LogP) is 3.00. The van der Waals surface area contributed by atoms with E-state index in [0.717, 1.165) is 31.7 Å².